The van der Waals surface area contributed by atoms with E-state index in [0.717, 1.165) is 17.7 Å². The maximum Gasteiger partial charge on any atom is 0.243 e. The Bertz CT molecular complexity index is 771. The molecule has 26 heavy (non-hydrogen) atoms. The minimum atomic E-state index is -0.179. The molecule has 0 unspecified atom stereocenters. The minimum Gasteiger partial charge on any atom is -0.356 e. The topological polar surface area (TPSA) is 78.4 Å². The summed E-state index contributed by atoms with van der Waals surface area (Å²) in [6.45, 7) is 0.770. The molecule has 0 fully saturated rings. The van der Waals surface area contributed by atoms with Crippen LogP contribution in [0.15, 0.2) is 53.7 Å². The minimum absolute atomic E-state index is 0. The summed E-state index contributed by atoms with van der Waals surface area (Å²) in [6.07, 6.45) is 7.89. The number of hydrogen-bond donors (Lipinski definition) is 3. The molecule has 0 aliphatic rings. The summed E-state index contributed by atoms with van der Waals surface area (Å²) in [7, 11) is 1.66. The first-order chi connectivity index (χ1) is 12.2. The number of amides is 1. The smallest absolute Gasteiger partial charge is 0.243 e. The molecule has 3 N–H and O–H groups in total. The average molecular weight is 463 g/mol. The van der Waals surface area contributed by atoms with E-state index in [-0.39, 0.29) is 36.4 Å². The van der Waals surface area contributed by atoms with Crippen LogP contribution in [-0.4, -0.2) is 37.0 Å². The van der Waals surface area contributed by atoms with E-state index >= 15 is 0 Å². The molecule has 0 atom stereocenters. The standard InChI is InChI=1S/C19H21N5O.HI/c1-3-15-7-6-9-17(13-15)24-18(25)14-23-19(20-2)22-12-10-16-8-4-5-11-21-16;/h1,4-9,11,13H,10,12,14H2,2H3,(H,24,25)(H2,20,22,23);1H. The molecule has 2 aromatic rings. The third kappa shape index (κ3) is 7.53. The molecule has 2 rings (SSSR count). The first-order valence-corrected chi connectivity index (χ1v) is 7.92. The second-order valence-corrected chi connectivity index (χ2v) is 5.20. The Hall–Kier alpha value is -2.60. The summed E-state index contributed by atoms with van der Waals surface area (Å²) >= 11 is 0. The lowest BCUT2D eigenvalue weighted by Gasteiger charge is -2.12. The van der Waals surface area contributed by atoms with Gasteiger partial charge in [-0.15, -0.1) is 30.4 Å². The Kier molecular flexibility index (Phi) is 9.79. The largest absolute Gasteiger partial charge is 0.356 e. The number of terminal acetylenes is 1. The predicted octanol–water partition coefficient (Wildman–Crippen LogP) is 2.03. The van der Waals surface area contributed by atoms with E-state index in [1.807, 2.05) is 18.2 Å². The second kappa shape index (κ2) is 11.9. The van der Waals surface area contributed by atoms with E-state index in [2.05, 4.69) is 31.8 Å². The van der Waals surface area contributed by atoms with Gasteiger partial charge in [-0.3, -0.25) is 14.8 Å². The van der Waals surface area contributed by atoms with Crippen LogP contribution in [0, 0.1) is 12.3 Å². The monoisotopic (exact) mass is 463 g/mol. The van der Waals surface area contributed by atoms with Crippen molar-refractivity contribution in [1.82, 2.24) is 15.6 Å². The Morgan fingerprint density at radius 3 is 2.77 bits per heavy atom. The Labute approximate surface area is 170 Å². The van der Waals surface area contributed by atoms with Gasteiger partial charge in [-0.25, -0.2) is 0 Å². The van der Waals surface area contributed by atoms with Gasteiger partial charge in [0, 0.05) is 43.2 Å². The first kappa shape index (κ1) is 21.4. The number of pyridine rings is 1. The highest BCUT2D eigenvalue weighted by molar-refractivity contribution is 14.0. The van der Waals surface area contributed by atoms with Crippen molar-refractivity contribution in [2.75, 3.05) is 25.5 Å². The highest BCUT2D eigenvalue weighted by atomic mass is 127. The van der Waals surface area contributed by atoms with Gasteiger partial charge in [0.05, 0.1) is 6.54 Å². The Balaban J connectivity index is 0.00000338. The van der Waals surface area contributed by atoms with Gasteiger partial charge >= 0.3 is 0 Å². The number of hydrogen-bond acceptors (Lipinski definition) is 3. The normalized spacial score (nSPS) is 10.2. The molecule has 136 valence electrons. The third-order valence-corrected chi connectivity index (χ3v) is 3.35. The van der Waals surface area contributed by atoms with Gasteiger partial charge in [-0.05, 0) is 30.3 Å². The van der Waals surface area contributed by atoms with Gasteiger partial charge in [0.15, 0.2) is 5.96 Å². The second-order valence-electron chi connectivity index (χ2n) is 5.20. The summed E-state index contributed by atoms with van der Waals surface area (Å²) in [6, 6.07) is 13.0. The van der Waals surface area contributed by atoms with Crippen LogP contribution in [-0.2, 0) is 11.2 Å². The number of rotatable bonds is 6. The van der Waals surface area contributed by atoms with Gasteiger partial charge in [0.2, 0.25) is 5.91 Å². The zero-order chi connectivity index (χ0) is 17.9. The fourth-order valence-electron chi connectivity index (χ4n) is 2.13. The van der Waals surface area contributed by atoms with Gasteiger partial charge in [0.25, 0.3) is 0 Å². The molecule has 0 saturated heterocycles. The van der Waals surface area contributed by atoms with Gasteiger partial charge in [0.1, 0.15) is 0 Å². The lowest BCUT2D eigenvalue weighted by Crippen LogP contribution is -2.42. The van der Waals surface area contributed by atoms with Crippen LogP contribution >= 0.6 is 24.0 Å². The van der Waals surface area contributed by atoms with E-state index in [1.165, 1.54) is 0 Å². The summed E-state index contributed by atoms with van der Waals surface area (Å²) in [5, 5.41) is 8.91. The predicted molar refractivity (Wildman–Crippen MR) is 116 cm³/mol. The molecular weight excluding hydrogens is 441 g/mol. The molecule has 0 bridgehead atoms. The number of carbonyl (C=O) groups is 1. The third-order valence-electron chi connectivity index (χ3n) is 3.35. The van der Waals surface area contributed by atoms with Crippen molar-refractivity contribution in [1.29, 1.82) is 0 Å². The van der Waals surface area contributed by atoms with Crippen LogP contribution in [0.2, 0.25) is 0 Å². The number of halogens is 1. The highest BCUT2D eigenvalue weighted by Gasteiger charge is 2.05. The van der Waals surface area contributed by atoms with E-state index in [1.54, 1.807) is 37.5 Å². The molecule has 7 heteroatoms. The maximum atomic E-state index is 12.0. The molecule has 6 nitrogen and oxygen atoms in total. The highest BCUT2D eigenvalue weighted by Crippen LogP contribution is 2.09. The van der Waals surface area contributed by atoms with Crippen molar-refractivity contribution in [3.8, 4) is 12.3 Å². The number of nitrogens with zero attached hydrogens (tertiary/aromatic N) is 2. The lowest BCUT2D eigenvalue weighted by molar-refractivity contribution is -0.115. The van der Waals surface area contributed by atoms with Gasteiger partial charge < -0.3 is 16.0 Å². The van der Waals surface area contributed by atoms with E-state index in [4.69, 9.17) is 6.42 Å². The number of aromatic nitrogens is 1. The van der Waals surface area contributed by atoms with Crippen molar-refractivity contribution in [3.63, 3.8) is 0 Å². The van der Waals surface area contributed by atoms with Crippen molar-refractivity contribution in [2.45, 2.75) is 6.42 Å². The van der Waals surface area contributed by atoms with E-state index < -0.39 is 0 Å². The fourth-order valence-corrected chi connectivity index (χ4v) is 2.13. The molecule has 1 amide bonds. The van der Waals surface area contributed by atoms with Crippen molar-refractivity contribution in [2.24, 2.45) is 4.99 Å². The quantitative estimate of drug-likeness (QED) is 0.265. The Morgan fingerprint density at radius 2 is 2.08 bits per heavy atom. The molecule has 0 saturated carbocycles. The van der Waals surface area contributed by atoms with Crippen LogP contribution in [0.1, 0.15) is 11.3 Å². The SMILES string of the molecule is C#Cc1cccc(NC(=O)CNC(=NC)NCCc2ccccn2)c1.I. The van der Waals surface area contributed by atoms with Crippen molar-refractivity contribution < 1.29 is 4.79 Å². The van der Waals surface area contributed by atoms with E-state index in [0.29, 0.717) is 18.2 Å². The summed E-state index contributed by atoms with van der Waals surface area (Å²) in [4.78, 5) is 20.4. The van der Waals surface area contributed by atoms with Crippen LogP contribution in [0.3, 0.4) is 0 Å². The van der Waals surface area contributed by atoms with Crippen LogP contribution in [0.25, 0.3) is 0 Å². The molecular formula is C19H22IN5O. The van der Waals surface area contributed by atoms with Crippen molar-refractivity contribution >= 4 is 41.5 Å². The summed E-state index contributed by atoms with van der Waals surface area (Å²) in [5.41, 5.74) is 2.38. The van der Waals surface area contributed by atoms with Gasteiger partial charge in [-0.2, -0.15) is 0 Å². The molecule has 1 heterocycles. The van der Waals surface area contributed by atoms with Crippen LogP contribution in [0.5, 0.6) is 0 Å². The molecule has 0 aliphatic carbocycles. The zero-order valence-electron chi connectivity index (χ0n) is 14.5. The lowest BCUT2D eigenvalue weighted by atomic mass is 10.2. The van der Waals surface area contributed by atoms with Gasteiger partial charge in [-0.1, -0.05) is 18.1 Å². The van der Waals surface area contributed by atoms with Crippen molar-refractivity contribution in [3.05, 3.63) is 59.9 Å². The average Bonchev–Trinajstić information content (AvgIpc) is 2.65. The number of nitrogens with one attached hydrogen (secondary N) is 3. The molecule has 1 aromatic carbocycles. The molecule has 0 spiro atoms. The van der Waals surface area contributed by atoms with Crippen LogP contribution < -0.4 is 16.0 Å². The number of carbonyl (C=O) groups excluding carboxylic acids is 1. The Morgan fingerprint density at radius 1 is 1.23 bits per heavy atom. The zero-order valence-corrected chi connectivity index (χ0v) is 16.9. The number of aliphatic imine (C=N–C) groups is 1. The maximum absolute atomic E-state index is 12.0. The molecule has 0 radical (unpaired) electrons. The van der Waals surface area contributed by atoms with Crippen LogP contribution in [0.4, 0.5) is 5.69 Å². The number of guanidine groups is 1. The summed E-state index contributed by atoms with van der Waals surface area (Å²) in [5.74, 6) is 2.92. The number of benzene rings is 1. The first-order valence-electron chi connectivity index (χ1n) is 7.92. The van der Waals surface area contributed by atoms with E-state index in [9.17, 15) is 4.79 Å². The fraction of sp³-hybridized carbons (Fsp3) is 0.211. The molecule has 1 aromatic heterocycles. The summed E-state index contributed by atoms with van der Waals surface area (Å²) < 4.78 is 0. The number of anilines is 1. The molecule has 0 aliphatic heterocycles.